The molecule has 6 nitrogen and oxygen atoms in total. The summed E-state index contributed by atoms with van der Waals surface area (Å²) in [4.78, 5) is 27.3. The molecule has 17 heavy (non-hydrogen) atoms. The molecule has 2 atom stereocenters. The van der Waals surface area contributed by atoms with E-state index in [1.54, 1.807) is 13.8 Å². The van der Waals surface area contributed by atoms with Crippen molar-refractivity contribution in [3.63, 3.8) is 0 Å². The Balaban J connectivity index is 2.74. The molecular formula is C10H17N2O4P. The summed E-state index contributed by atoms with van der Waals surface area (Å²) in [6.07, 6.45) is 2.95. The minimum Gasteiger partial charge on any atom is -0.481 e. The zero-order chi connectivity index (χ0) is 13.1. The van der Waals surface area contributed by atoms with Crippen LogP contribution < -0.4 is 0 Å². The van der Waals surface area contributed by atoms with Crippen LogP contribution in [-0.4, -0.2) is 37.8 Å². The van der Waals surface area contributed by atoms with Crippen molar-refractivity contribution in [1.29, 1.82) is 0 Å². The van der Waals surface area contributed by atoms with Crippen molar-refractivity contribution in [2.24, 2.45) is 5.92 Å². The maximum absolute atomic E-state index is 11.8. The summed E-state index contributed by atoms with van der Waals surface area (Å²) in [5, 5.41) is 9.05. The van der Waals surface area contributed by atoms with Gasteiger partial charge in [-0.2, -0.15) is 0 Å². The van der Waals surface area contributed by atoms with Crippen molar-refractivity contribution in [2.75, 3.05) is 6.16 Å². The molecule has 96 valence electrons. The fraction of sp³-hybridized carbons (Fsp3) is 0.600. The van der Waals surface area contributed by atoms with E-state index in [0.717, 1.165) is 0 Å². The van der Waals surface area contributed by atoms with E-state index < -0.39 is 24.9 Å². The predicted molar refractivity (Wildman–Crippen MR) is 63.2 cm³/mol. The first kappa shape index (κ1) is 13.9. The van der Waals surface area contributed by atoms with Gasteiger partial charge in [0.2, 0.25) is 7.37 Å². The van der Waals surface area contributed by atoms with E-state index in [4.69, 9.17) is 5.11 Å². The molecule has 0 aliphatic carbocycles. The lowest BCUT2D eigenvalue weighted by atomic mass is 10.1. The molecule has 0 bridgehead atoms. The van der Waals surface area contributed by atoms with Crippen LogP contribution in [0.25, 0.3) is 0 Å². The Bertz CT molecular complexity index is 416. The molecule has 1 heterocycles. The van der Waals surface area contributed by atoms with Crippen LogP contribution in [-0.2, 0) is 15.8 Å². The van der Waals surface area contributed by atoms with E-state index in [1.165, 1.54) is 12.5 Å². The van der Waals surface area contributed by atoms with Crippen molar-refractivity contribution in [3.8, 4) is 0 Å². The second-order valence-corrected chi connectivity index (χ2v) is 7.26. The molecule has 1 rings (SSSR count). The van der Waals surface area contributed by atoms with E-state index in [2.05, 4.69) is 9.97 Å². The van der Waals surface area contributed by atoms with Crippen molar-refractivity contribution in [1.82, 2.24) is 9.97 Å². The molecule has 0 aliphatic heterocycles. The van der Waals surface area contributed by atoms with Crippen LogP contribution in [0.2, 0.25) is 0 Å². The van der Waals surface area contributed by atoms with Crippen LogP contribution in [0.5, 0.6) is 0 Å². The highest BCUT2D eigenvalue weighted by Gasteiger charge is 2.31. The highest BCUT2D eigenvalue weighted by molar-refractivity contribution is 7.58. The van der Waals surface area contributed by atoms with Gasteiger partial charge in [0.15, 0.2) is 0 Å². The molecule has 1 aromatic heterocycles. The van der Waals surface area contributed by atoms with Gasteiger partial charge in [0, 0.05) is 30.1 Å². The Labute approximate surface area is 99.5 Å². The van der Waals surface area contributed by atoms with Crippen molar-refractivity contribution in [3.05, 3.63) is 18.2 Å². The number of carboxylic acids is 1. The highest BCUT2D eigenvalue weighted by Crippen LogP contribution is 2.47. The third-order valence-corrected chi connectivity index (χ3v) is 5.24. The summed E-state index contributed by atoms with van der Waals surface area (Å²) < 4.78 is 11.8. The van der Waals surface area contributed by atoms with Crippen LogP contribution in [0.1, 0.15) is 19.5 Å². The number of aromatic nitrogens is 2. The monoisotopic (exact) mass is 260 g/mol. The lowest BCUT2D eigenvalue weighted by molar-refractivity contribution is -0.141. The number of imidazole rings is 1. The first-order valence-corrected chi connectivity index (χ1v) is 7.26. The number of aromatic amines is 1. The highest BCUT2D eigenvalue weighted by atomic mass is 31.2. The van der Waals surface area contributed by atoms with E-state index in [-0.39, 0.29) is 12.6 Å². The maximum atomic E-state index is 11.8. The van der Waals surface area contributed by atoms with Crippen molar-refractivity contribution in [2.45, 2.75) is 25.9 Å². The molecule has 3 N–H and O–H groups in total. The van der Waals surface area contributed by atoms with Gasteiger partial charge < -0.3 is 15.0 Å². The summed E-state index contributed by atoms with van der Waals surface area (Å²) >= 11 is 0. The number of H-pyrrole nitrogens is 1. The van der Waals surface area contributed by atoms with Gasteiger partial charge in [0.05, 0.1) is 12.2 Å². The number of aliphatic carboxylic acids is 1. The number of rotatable bonds is 6. The molecule has 0 aromatic carbocycles. The molecule has 0 saturated heterocycles. The fourth-order valence-electron chi connectivity index (χ4n) is 1.42. The van der Waals surface area contributed by atoms with Crippen LogP contribution in [0.4, 0.5) is 0 Å². The topological polar surface area (TPSA) is 103 Å². The minimum absolute atomic E-state index is 0.187. The predicted octanol–water partition coefficient (Wildman–Crippen LogP) is 1.33. The molecule has 0 fully saturated rings. The Morgan fingerprint density at radius 3 is 2.65 bits per heavy atom. The molecule has 0 radical (unpaired) electrons. The molecule has 0 saturated carbocycles. The van der Waals surface area contributed by atoms with Gasteiger partial charge in [0.1, 0.15) is 0 Å². The number of carbonyl (C=O) groups is 1. The molecule has 1 aromatic rings. The maximum Gasteiger partial charge on any atom is 0.307 e. The van der Waals surface area contributed by atoms with Gasteiger partial charge in [-0.1, -0.05) is 13.8 Å². The van der Waals surface area contributed by atoms with E-state index >= 15 is 0 Å². The molecular weight excluding hydrogens is 243 g/mol. The zero-order valence-electron chi connectivity index (χ0n) is 9.83. The first-order chi connectivity index (χ1) is 7.83. The summed E-state index contributed by atoms with van der Waals surface area (Å²) in [6.45, 7) is 3.24. The number of hydrogen-bond acceptors (Lipinski definition) is 3. The Morgan fingerprint density at radius 2 is 2.24 bits per heavy atom. The van der Waals surface area contributed by atoms with E-state index in [1.807, 2.05) is 0 Å². The summed E-state index contributed by atoms with van der Waals surface area (Å²) in [5.74, 6) is -1.93. The van der Waals surface area contributed by atoms with Crippen LogP contribution in [0.15, 0.2) is 12.5 Å². The van der Waals surface area contributed by atoms with Crippen molar-refractivity contribution < 1.29 is 19.4 Å². The Hall–Kier alpha value is -1.13. The van der Waals surface area contributed by atoms with Gasteiger partial charge in [-0.3, -0.25) is 9.36 Å². The summed E-state index contributed by atoms with van der Waals surface area (Å²) in [6, 6.07) is 0. The normalized spacial score (nSPS) is 16.7. The van der Waals surface area contributed by atoms with Crippen LogP contribution in [0.3, 0.4) is 0 Å². The van der Waals surface area contributed by atoms with Gasteiger partial charge >= 0.3 is 5.97 Å². The average Bonchev–Trinajstić information content (AvgIpc) is 2.68. The largest absolute Gasteiger partial charge is 0.481 e. The third-order valence-electron chi connectivity index (χ3n) is 2.66. The average molecular weight is 260 g/mol. The number of nitrogens with zero attached hydrogens (tertiary/aromatic N) is 1. The summed E-state index contributed by atoms with van der Waals surface area (Å²) in [5.41, 5.74) is 0.229. The quantitative estimate of drug-likeness (QED) is 0.669. The van der Waals surface area contributed by atoms with Gasteiger partial charge in [0.25, 0.3) is 0 Å². The second kappa shape index (κ2) is 5.47. The number of nitrogens with one attached hydrogen (secondary N) is 1. The molecule has 1 unspecified atom stereocenters. The lowest BCUT2D eigenvalue weighted by Gasteiger charge is -2.19. The molecule has 7 heteroatoms. The first-order valence-electron chi connectivity index (χ1n) is 5.34. The van der Waals surface area contributed by atoms with Crippen molar-refractivity contribution >= 4 is 13.3 Å². The summed E-state index contributed by atoms with van der Waals surface area (Å²) in [7, 11) is -3.41. The van der Waals surface area contributed by atoms with Gasteiger partial charge in [-0.05, 0) is 0 Å². The third kappa shape index (κ3) is 3.98. The molecule has 0 spiro atoms. The molecule has 0 amide bonds. The van der Waals surface area contributed by atoms with Gasteiger partial charge in [-0.15, -0.1) is 0 Å². The van der Waals surface area contributed by atoms with Crippen LogP contribution >= 0.6 is 7.37 Å². The van der Waals surface area contributed by atoms with E-state index in [9.17, 15) is 14.3 Å². The van der Waals surface area contributed by atoms with Crippen LogP contribution in [0, 0.1) is 5.92 Å². The minimum atomic E-state index is -3.41. The molecule has 0 aliphatic rings. The Kier molecular flexibility index (Phi) is 4.48. The second-order valence-electron chi connectivity index (χ2n) is 4.35. The smallest absolute Gasteiger partial charge is 0.307 e. The number of hydrogen-bond donors (Lipinski definition) is 3. The lowest BCUT2D eigenvalue weighted by Crippen LogP contribution is -2.22. The fourth-order valence-corrected chi connectivity index (χ4v) is 2.76. The van der Waals surface area contributed by atoms with E-state index in [0.29, 0.717) is 5.69 Å². The SMILES string of the molecule is CC(C)P(=O)(O)C[C@@H](Cc1cnc[nH]1)C(=O)O. The van der Waals surface area contributed by atoms with Gasteiger partial charge in [-0.25, -0.2) is 4.98 Å². The number of carboxylic acid groups (broad SMARTS) is 1. The standard InChI is InChI=1S/C10H17N2O4P/c1-7(2)17(15,16)5-8(10(13)14)3-9-4-11-6-12-9/h4,6-8H,3,5H2,1-2H3,(H,11,12)(H,13,14)(H,15,16)/t8-/m1/s1. The Morgan fingerprint density at radius 1 is 1.59 bits per heavy atom. The zero-order valence-corrected chi connectivity index (χ0v) is 10.7.